The number of carbonyl (C=O) groups excluding carboxylic acids is 1. The second-order valence-corrected chi connectivity index (χ2v) is 7.77. The van der Waals surface area contributed by atoms with Crippen LogP contribution in [0.2, 0.25) is 0 Å². The number of likely N-dealkylation sites (N-methyl/N-ethyl adjacent to an activating group) is 1. The van der Waals surface area contributed by atoms with Gasteiger partial charge in [0.1, 0.15) is 5.82 Å². The van der Waals surface area contributed by atoms with Crippen molar-refractivity contribution in [2.24, 2.45) is 0 Å². The summed E-state index contributed by atoms with van der Waals surface area (Å²) >= 11 is 1.42. The van der Waals surface area contributed by atoms with Gasteiger partial charge < -0.3 is 4.90 Å². The van der Waals surface area contributed by atoms with Crippen molar-refractivity contribution in [2.75, 3.05) is 19.3 Å². The number of thioether (sulfide) groups is 1. The molecular formula is C21H25N5OS. The third kappa shape index (κ3) is 4.78. The third-order valence-corrected chi connectivity index (χ3v) is 5.49. The lowest BCUT2D eigenvalue weighted by Crippen LogP contribution is -2.30. The van der Waals surface area contributed by atoms with Gasteiger partial charge >= 0.3 is 0 Å². The van der Waals surface area contributed by atoms with Gasteiger partial charge in [0.15, 0.2) is 5.16 Å². The Labute approximate surface area is 170 Å². The standard InChI is InChI=1S/C21H25N5OS/c1-15-8-9-16(2)19(13-15)26-17(3)23-24-21(26)28-14-20(27)25(4)12-10-18-7-5-6-11-22-18/h5-9,11,13H,10,12,14H2,1-4H3. The fourth-order valence-electron chi connectivity index (χ4n) is 2.86. The molecule has 0 radical (unpaired) electrons. The number of pyridine rings is 1. The summed E-state index contributed by atoms with van der Waals surface area (Å²) < 4.78 is 2.02. The second-order valence-electron chi connectivity index (χ2n) is 6.83. The first-order chi connectivity index (χ1) is 13.5. The SMILES string of the molecule is Cc1ccc(C)c(-n2c(C)nnc2SCC(=O)N(C)CCc2ccccn2)c1. The average molecular weight is 396 g/mol. The van der Waals surface area contributed by atoms with Gasteiger partial charge in [-0.05, 0) is 50.1 Å². The van der Waals surface area contributed by atoms with Crippen LogP contribution in [0.4, 0.5) is 0 Å². The summed E-state index contributed by atoms with van der Waals surface area (Å²) in [4.78, 5) is 18.6. The Morgan fingerprint density at radius 2 is 1.96 bits per heavy atom. The molecule has 1 amide bonds. The molecule has 6 nitrogen and oxygen atoms in total. The predicted molar refractivity (Wildman–Crippen MR) is 112 cm³/mol. The third-order valence-electron chi connectivity index (χ3n) is 4.58. The predicted octanol–water partition coefficient (Wildman–Crippen LogP) is 3.38. The molecule has 146 valence electrons. The summed E-state index contributed by atoms with van der Waals surface area (Å²) in [5, 5.41) is 9.24. The minimum Gasteiger partial charge on any atom is -0.345 e. The molecule has 1 aromatic carbocycles. The zero-order valence-electron chi connectivity index (χ0n) is 16.7. The molecule has 0 unspecified atom stereocenters. The van der Waals surface area contributed by atoms with Gasteiger partial charge in [-0.2, -0.15) is 0 Å². The number of benzene rings is 1. The van der Waals surface area contributed by atoms with Crippen molar-refractivity contribution >= 4 is 17.7 Å². The van der Waals surface area contributed by atoms with Gasteiger partial charge in [0.25, 0.3) is 0 Å². The van der Waals surface area contributed by atoms with Crippen molar-refractivity contribution in [3.63, 3.8) is 0 Å². The molecule has 0 aliphatic rings. The molecular weight excluding hydrogens is 370 g/mol. The van der Waals surface area contributed by atoms with Crippen molar-refractivity contribution in [3.8, 4) is 5.69 Å². The molecule has 0 N–H and O–H groups in total. The van der Waals surface area contributed by atoms with Gasteiger partial charge in [0, 0.05) is 31.9 Å². The van der Waals surface area contributed by atoms with Crippen molar-refractivity contribution in [2.45, 2.75) is 32.3 Å². The number of hydrogen-bond acceptors (Lipinski definition) is 5. The molecule has 2 aromatic heterocycles. The van der Waals surface area contributed by atoms with E-state index in [9.17, 15) is 4.79 Å². The highest BCUT2D eigenvalue weighted by molar-refractivity contribution is 7.99. The van der Waals surface area contributed by atoms with Crippen LogP contribution < -0.4 is 0 Å². The molecule has 0 saturated carbocycles. The highest BCUT2D eigenvalue weighted by Gasteiger charge is 2.16. The first-order valence-corrected chi connectivity index (χ1v) is 10.2. The van der Waals surface area contributed by atoms with Crippen molar-refractivity contribution in [1.82, 2.24) is 24.6 Å². The molecule has 0 bridgehead atoms. The maximum Gasteiger partial charge on any atom is 0.232 e. The summed E-state index contributed by atoms with van der Waals surface area (Å²) in [5.41, 5.74) is 4.37. The van der Waals surface area contributed by atoms with E-state index >= 15 is 0 Å². The van der Waals surface area contributed by atoms with E-state index in [1.807, 2.05) is 36.7 Å². The van der Waals surface area contributed by atoms with Crippen LogP contribution in [0.1, 0.15) is 22.6 Å². The first kappa shape index (κ1) is 20.1. The fourth-order valence-corrected chi connectivity index (χ4v) is 3.79. The van der Waals surface area contributed by atoms with Gasteiger partial charge in [-0.15, -0.1) is 10.2 Å². The normalized spacial score (nSPS) is 10.9. The van der Waals surface area contributed by atoms with Gasteiger partial charge in [-0.1, -0.05) is 30.0 Å². The molecule has 0 aliphatic heterocycles. The van der Waals surface area contributed by atoms with E-state index in [-0.39, 0.29) is 5.91 Å². The summed E-state index contributed by atoms with van der Waals surface area (Å²) in [6.45, 7) is 6.70. The molecule has 0 aliphatic carbocycles. The largest absolute Gasteiger partial charge is 0.345 e. The molecule has 0 spiro atoms. The van der Waals surface area contributed by atoms with Crippen LogP contribution >= 0.6 is 11.8 Å². The highest BCUT2D eigenvalue weighted by Crippen LogP contribution is 2.25. The van der Waals surface area contributed by atoms with E-state index in [4.69, 9.17) is 0 Å². The Bertz CT molecular complexity index is 955. The number of nitrogens with zero attached hydrogens (tertiary/aromatic N) is 5. The van der Waals surface area contributed by atoms with Crippen LogP contribution in [0.5, 0.6) is 0 Å². The Morgan fingerprint density at radius 3 is 2.71 bits per heavy atom. The van der Waals surface area contributed by atoms with E-state index < -0.39 is 0 Å². The Kier molecular flexibility index (Phi) is 6.46. The Morgan fingerprint density at radius 1 is 1.14 bits per heavy atom. The summed E-state index contributed by atoms with van der Waals surface area (Å²) in [6, 6.07) is 12.1. The maximum absolute atomic E-state index is 12.5. The van der Waals surface area contributed by atoms with Crippen LogP contribution in [-0.4, -0.2) is 49.9 Å². The maximum atomic E-state index is 12.5. The number of carbonyl (C=O) groups is 1. The Balaban J connectivity index is 1.65. The topological polar surface area (TPSA) is 63.9 Å². The van der Waals surface area contributed by atoms with Crippen LogP contribution in [0.25, 0.3) is 5.69 Å². The highest BCUT2D eigenvalue weighted by atomic mass is 32.2. The first-order valence-electron chi connectivity index (χ1n) is 9.22. The van der Waals surface area contributed by atoms with Gasteiger partial charge in [-0.3, -0.25) is 14.3 Å². The van der Waals surface area contributed by atoms with Gasteiger partial charge in [0.05, 0.1) is 11.4 Å². The molecule has 2 heterocycles. The van der Waals surface area contributed by atoms with Crippen LogP contribution in [0.15, 0.2) is 47.8 Å². The average Bonchev–Trinajstić information content (AvgIpc) is 3.07. The second kappa shape index (κ2) is 9.01. The van der Waals surface area contributed by atoms with E-state index in [0.29, 0.717) is 12.3 Å². The minimum absolute atomic E-state index is 0.0640. The number of hydrogen-bond donors (Lipinski definition) is 0. The lowest BCUT2D eigenvalue weighted by atomic mass is 10.1. The van der Waals surface area contributed by atoms with Crippen molar-refractivity contribution < 1.29 is 4.79 Å². The smallest absolute Gasteiger partial charge is 0.232 e. The van der Waals surface area contributed by atoms with Crippen LogP contribution in [0.3, 0.4) is 0 Å². The lowest BCUT2D eigenvalue weighted by Gasteiger charge is -2.17. The molecule has 0 saturated heterocycles. The van der Waals surface area contributed by atoms with Gasteiger partial charge in [0.2, 0.25) is 5.91 Å². The van der Waals surface area contributed by atoms with E-state index in [0.717, 1.165) is 34.3 Å². The zero-order valence-corrected chi connectivity index (χ0v) is 17.5. The molecule has 3 aromatic rings. The fraction of sp³-hybridized carbons (Fsp3) is 0.333. The summed E-state index contributed by atoms with van der Waals surface area (Å²) in [6.07, 6.45) is 2.51. The zero-order chi connectivity index (χ0) is 20.1. The Hall–Kier alpha value is -2.67. The molecule has 3 rings (SSSR count). The summed E-state index contributed by atoms with van der Waals surface area (Å²) in [5.74, 6) is 1.20. The van der Waals surface area contributed by atoms with E-state index in [1.165, 1.54) is 17.3 Å². The molecule has 0 fully saturated rings. The lowest BCUT2D eigenvalue weighted by molar-refractivity contribution is -0.127. The summed E-state index contributed by atoms with van der Waals surface area (Å²) in [7, 11) is 1.83. The molecule has 7 heteroatoms. The van der Waals surface area contributed by atoms with Crippen molar-refractivity contribution in [3.05, 3.63) is 65.2 Å². The number of amides is 1. The number of aryl methyl sites for hydroxylation is 3. The van der Waals surface area contributed by atoms with Crippen LogP contribution in [-0.2, 0) is 11.2 Å². The minimum atomic E-state index is 0.0640. The van der Waals surface area contributed by atoms with Crippen LogP contribution in [0, 0.1) is 20.8 Å². The monoisotopic (exact) mass is 395 g/mol. The quantitative estimate of drug-likeness (QED) is 0.574. The molecule has 28 heavy (non-hydrogen) atoms. The van der Waals surface area contributed by atoms with E-state index in [2.05, 4.69) is 47.2 Å². The molecule has 0 atom stereocenters. The number of rotatable bonds is 7. The van der Waals surface area contributed by atoms with E-state index in [1.54, 1.807) is 11.1 Å². The number of aromatic nitrogens is 4. The van der Waals surface area contributed by atoms with Crippen molar-refractivity contribution in [1.29, 1.82) is 0 Å². The van der Waals surface area contributed by atoms with Gasteiger partial charge in [-0.25, -0.2) is 0 Å².